The van der Waals surface area contributed by atoms with Gasteiger partial charge < -0.3 is 10.4 Å². The van der Waals surface area contributed by atoms with Gasteiger partial charge in [-0.2, -0.15) is 0 Å². The molecule has 0 heterocycles. The van der Waals surface area contributed by atoms with Gasteiger partial charge in [0.25, 0.3) is 0 Å². The van der Waals surface area contributed by atoms with Crippen LogP contribution in [0.15, 0.2) is 0 Å². The van der Waals surface area contributed by atoms with Crippen molar-refractivity contribution in [2.24, 2.45) is 0 Å². The van der Waals surface area contributed by atoms with E-state index in [0.717, 1.165) is 25.9 Å². The van der Waals surface area contributed by atoms with Crippen LogP contribution in [-0.2, 0) is 0 Å². The van der Waals surface area contributed by atoms with Crippen molar-refractivity contribution >= 4 is 0 Å². The fraction of sp³-hybridized carbons (Fsp3) is 0.778. The molecule has 0 aromatic rings. The molecule has 0 aliphatic rings. The molecule has 0 fully saturated rings. The Labute approximate surface area is 69.0 Å². The molecule has 0 radical (unpaired) electrons. The standard InChI is InChI=1S/C9H17NO/c1-3-4-7-10-8-5-6-9(2)11/h9-11H,5-8H2,1-2H3. The molecule has 0 rings (SSSR count). The van der Waals surface area contributed by atoms with Crippen molar-refractivity contribution in [3.8, 4) is 11.8 Å². The van der Waals surface area contributed by atoms with Crippen LogP contribution in [0.2, 0.25) is 0 Å². The molecule has 0 aromatic carbocycles. The van der Waals surface area contributed by atoms with Gasteiger partial charge in [-0.1, -0.05) is 5.92 Å². The van der Waals surface area contributed by atoms with Gasteiger partial charge in [0.15, 0.2) is 0 Å². The van der Waals surface area contributed by atoms with Crippen molar-refractivity contribution in [1.82, 2.24) is 5.32 Å². The summed E-state index contributed by atoms with van der Waals surface area (Å²) in [5, 5.41) is 12.1. The van der Waals surface area contributed by atoms with Crippen LogP contribution in [0, 0.1) is 11.8 Å². The molecule has 11 heavy (non-hydrogen) atoms. The van der Waals surface area contributed by atoms with E-state index in [1.807, 2.05) is 13.8 Å². The van der Waals surface area contributed by atoms with Crippen LogP contribution in [0.25, 0.3) is 0 Å². The molecule has 2 heteroatoms. The summed E-state index contributed by atoms with van der Waals surface area (Å²) in [5.41, 5.74) is 0. The third-order valence-electron chi connectivity index (χ3n) is 1.37. The summed E-state index contributed by atoms with van der Waals surface area (Å²) >= 11 is 0. The summed E-state index contributed by atoms with van der Waals surface area (Å²) in [7, 11) is 0. The average Bonchev–Trinajstić information content (AvgIpc) is 1.96. The van der Waals surface area contributed by atoms with Crippen molar-refractivity contribution in [2.75, 3.05) is 13.1 Å². The Morgan fingerprint density at radius 3 is 2.82 bits per heavy atom. The van der Waals surface area contributed by atoms with E-state index in [1.54, 1.807) is 0 Å². The monoisotopic (exact) mass is 155 g/mol. The lowest BCUT2D eigenvalue weighted by Crippen LogP contribution is -2.16. The second-order valence-electron chi connectivity index (χ2n) is 2.59. The van der Waals surface area contributed by atoms with E-state index in [-0.39, 0.29) is 6.10 Å². The molecule has 0 aliphatic carbocycles. The predicted octanol–water partition coefficient (Wildman–Crippen LogP) is 0.760. The summed E-state index contributed by atoms with van der Waals surface area (Å²) in [6.45, 7) is 5.35. The maximum absolute atomic E-state index is 8.90. The molecule has 2 nitrogen and oxygen atoms in total. The van der Waals surface area contributed by atoms with Crippen molar-refractivity contribution in [1.29, 1.82) is 0 Å². The first-order valence-electron chi connectivity index (χ1n) is 4.05. The SMILES string of the molecule is CC#CCNCCCC(C)O. The molecule has 0 aromatic heterocycles. The first-order chi connectivity index (χ1) is 5.27. The van der Waals surface area contributed by atoms with Crippen LogP contribution in [0.1, 0.15) is 26.7 Å². The highest BCUT2D eigenvalue weighted by Gasteiger charge is 1.93. The first-order valence-corrected chi connectivity index (χ1v) is 4.05. The van der Waals surface area contributed by atoms with E-state index >= 15 is 0 Å². The van der Waals surface area contributed by atoms with E-state index in [4.69, 9.17) is 5.11 Å². The second kappa shape index (κ2) is 7.59. The van der Waals surface area contributed by atoms with Crippen molar-refractivity contribution in [3.05, 3.63) is 0 Å². The molecular weight excluding hydrogens is 138 g/mol. The third-order valence-corrected chi connectivity index (χ3v) is 1.37. The van der Waals surface area contributed by atoms with Gasteiger partial charge >= 0.3 is 0 Å². The lowest BCUT2D eigenvalue weighted by Gasteiger charge is -2.02. The lowest BCUT2D eigenvalue weighted by molar-refractivity contribution is 0.181. The topological polar surface area (TPSA) is 32.3 Å². The Bertz CT molecular complexity index is 132. The van der Waals surface area contributed by atoms with Gasteiger partial charge in [-0.25, -0.2) is 0 Å². The van der Waals surface area contributed by atoms with Gasteiger partial charge in [0.05, 0.1) is 12.6 Å². The van der Waals surface area contributed by atoms with Gasteiger partial charge in [-0.15, -0.1) is 5.92 Å². The predicted molar refractivity (Wildman–Crippen MR) is 47.2 cm³/mol. The Morgan fingerprint density at radius 1 is 1.55 bits per heavy atom. The zero-order chi connectivity index (χ0) is 8.53. The largest absolute Gasteiger partial charge is 0.393 e. The van der Waals surface area contributed by atoms with E-state index in [1.165, 1.54) is 0 Å². The maximum Gasteiger partial charge on any atom is 0.0576 e. The first kappa shape index (κ1) is 10.5. The molecular formula is C9H17NO. The summed E-state index contributed by atoms with van der Waals surface area (Å²) in [5.74, 6) is 5.72. The molecule has 64 valence electrons. The van der Waals surface area contributed by atoms with Crippen LogP contribution in [0.5, 0.6) is 0 Å². The van der Waals surface area contributed by atoms with E-state index in [0.29, 0.717) is 0 Å². The summed E-state index contributed by atoms with van der Waals surface area (Å²) in [6, 6.07) is 0. The van der Waals surface area contributed by atoms with E-state index in [2.05, 4.69) is 17.2 Å². The number of hydrogen-bond donors (Lipinski definition) is 2. The normalized spacial score (nSPS) is 11.9. The molecule has 1 atom stereocenters. The second-order valence-corrected chi connectivity index (χ2v) is 2.59. The van der Waals surface area contributed by atoms with Crippen LogP contribution < -0.4 is 5.32 Å². The maximum atomic E-state index is 8.90. The number of hydrogen-bond acceptors (Lipinski definition) is 2. The lowest BCUT2D eigenvalue weighted by atomic mass is 10.2. The number of nitrogens with one attached hydrogen (secondary N) is 1. The van der Waals surface area contributed by atoms with Gasteiger partial charge in [0.1, 0.15) is 0 Å². The molecule has 0 saturated heterocycles. The molecule has 0 saturated carbocycles. The van der Waals surface area contributed by atoms with Gasteiger partial charge in [-0.05, 0) is 33.2 Å². The summed E-state index contributed by atoms with van der Waals surface area (Å²) < 4.78 is 0. The van der Waals surface area contributed by atoms with Gasteiger partial charge in [-0.3, -0.25) is 0 Å². The molecule has 2 N–H and O–H groups in total. The Hall–Kier alpha value is -0.520. The van der Waals surface area contributed by atoms with Crippen molar-refractivity contribution < 1.29 is 5.11 Å². The quantitative estimate of drug-likeness (QED) is 0.454. The van der Waals surface area contributed by atoms with Gasteiger partial charge in [0.2, 0.25) is 0 Å². The smallest absolute Gasteiger partial charge is 0.0576 e. The van der Waals surface area contributed by atoms with Crippen LogP contribution in [-0.4, -0.2) is 24.3 Å². The number of aliphatic hydroxyl groups excluding tert-OH is 1. The minimum atomic E-state index is -0.172. The highest BCUT2D eigenvalue weighted by molar-refractivity contribution is 4.96. The molecule has 0 bridgehead atoms. The van der Waals surface area contributed by atoms with Crippen LogP contribution in [0.4, 0.5) is 0 Å². The molecule has 0 aliphatic heterocycles. The number of rotatable bonds is 5. The van der Waals surface area contributed by atoms with Crippen LogP contribution in [0.3, 0.4) is 0 Å². The van der Waals surface area contributed by atoms with Gasteiger partial charge in [0, 0.05) is 0 Å². The zero-order valence-corrected chi connectivity index (χ0v) is 7.35. The Kier molecular flexibility index (Phi) is 7.23. The average molecular weight is 155 g/mol. The molecule has 1 unspecified atom stereocenters. The van der Waals surface area contributed by atoms with Crippen LogP contribution >= 0.6 is 0 Å². The summed E-state index contributed by atoms with van der Waals surface area (Å²) in [6.07, 6.45) is 1.71. The van der Waals surface area contributed by atoms with E-state index < -0.39 is 0 Å². The van der Waals surface area contributed by atoms with Crippen molar-refractivity contribution in [3.63, 3.8) is 0 Å². The zero-order valence-electron chi connectivity index (χ0n) is 7.35. The number of aliphatic hydroxyl groups is 1. The Balaban J connectivity index is 2.95. The minimum absolute atomic E-state index is 0.172. The fourth-order valence-electron chi connectivity index (χ4n) is 0.762. The van der Waals surface area contributed by atoms with E-state index in [9.17, 15) is 0 Å². The Morgan fingerprint density at radius 2 is 2.27 bits per heavy atom. The fourth-order valence-corrected chi connectivity index (χ4v) is 0.762. The van der Waals surface area contributed by atoms with Crippen molar-refractivity contribution in [2.45, 2.75) is 32.8 Å². The molecule has 0 spiro atoms. The highest BCUT2D eigenvalue weighted by Crippen LogP contribution is 1.92. The summed E-state index contributed by atoms with van der Waals surface area (Å²) in [4.78, 5) is 0. The minimum Gasteiger partial charge on any atom is -0.393 e. The highest BCUT2D eigenvalue weighted by atomic mass is 16.3. The molecule has 0 amide bonds. The third kappa shape index (κ3) is 9.48.